The van der Waals surface area contributed by atoms with Gasteiger partial charge in [0.1, 0.15) is 4.21 Å². The van der Waals surface area contributed by atoms with E-state index in [0.717, 1.165) is 36.5 Å². The molecule has 1 aliphatic heterocycles. The molecular weight excluding hydrogens is 430 g/mol. The molecule has 1 fully saturated rings. The lowest BCUT2D eigenvalue weighted by molar-refractivity contribution is 0.0927. The Morgan fingerprint density at radius 1 is 1.00 bits per heavy atom. The fraction of sp³-hybridized carbons (Fsp3) is 0.261. The molecule has 1 saturated heterocycles. The second-order valence-electron chi connectivity index (χ2n) is 7.56. The minimum atomic E-state index is -3.66. The Morgan fingerprint density at radius 2 is 1.77 bits per heavy atom. The van der Waals surface area contributed by atoms with Crippen molar-refractivity contribution in [2.75, 3.05) is 24.4 Å². The van der Waals surface area contributed by atoms with Crippen molar-refractivity contribution in [1.29, 1.82) is 0 Å². The van der Waals surface area contributed by atoms with Crippen LogP contribution in [0.1, 0.15) is 34.8 Å². The number of benzene rings is 2. The highest BCUT2D eigenvalue weighted by molar-refractivity contribution is 7.94. The summed E-state index contributed by atoms with van der Waals surface area (Å²) in [5.74, 6) is -0.231. The molecule has 2 heterocycles. The molecule has 6 nitrogen and oxygen atoms in total. The second kappa shape index (κ2) is 9.64. The monoisotopic (exact) mass is 455 g/mol. The molecule has 0 bridgehead atoms. The van der Waals surface area contributed by atoms with E-state index >= 15 is 0 Å². The molecule has 1 aliphatic rings. The summed E-state index contributed by atoms with van der Waals surface area (Å²) in [6.07, 6.45) is 2.36. The Bertz CT molecular complexity index is 1110. The predicted molar refractivity (Wildman–Crippen MR) is 124 cm³/mol. The van der Waals surface area contributed by atoms with E-state index in [-0.39, 0.29) is 16.2 Å². The van der Waals surface area contributed by atoms with Gasteiger partial charge in [-0.1, -0.05) is 42.5 Å². The summed E-state index contributed by atoms with van der Waals surface area (Å²) in [6.45, 7) is 2.83. The minimum Gasteiger partial charge on any atom is -0.344 e. The summed E-state index contributed by atoms with van der Waals surface area (Å²) >= 11 is 1.15. The van der Waals surface area contributed by atoms with Gasteiger partial charge in [-0.25, -0.2) is 8.42 Å². The van der Waals surface area contributed by atoms with Crippen LogP contribution in [-0.4, -0.2) is 38.9 Å². The van der Waals surface area contributed by atoms with Gasteiger partial charge in [-0.3, -0.25) is 9.52 Å². The number of amides is 1. The van der Waals surface area contributed by atoms with Crippen molar-refractivity contribution >= 4 is 33.0 Å². The molecular formula is C23H25N3O3S2. The average Bonchev–Trinajstić information content (AvgIpc) is 3.48. The van der Waals surface area contributed by atoms with Gasteiger partial charge in [0, 0.05) is 17.8 Å². The summed E-state index contributed by atoms with van der Waals surface area (Å²) in [6, 6.07) is 19.6. The van der Waals surface area contributed by atoms with Crippen LogP contribution >= 0.6 is 11.3 Å². The number of hydrogen-bond donors (Lipinski definition) is 2. The SMILES string of the molecule is O=C(NC(CN1CCCC1)c1ccccc1)c1cccc(NS(=O)(=O)c2cccs2)c1. The molecule has 31 heavy (non-hydrogen) atoms. The molecule has 1 amide bonds. The number of rotatable bonds is 8. The molecule has 1 aromatic heterocycles. The first-order valence-electron chi connectivity index (χ1n) is 10.3. The first-order chi connectivity index (χ1) is 15.0. The Kier molecular flexibility index (Phi) is 6.70. The summed E-state index contributed by atoms with van der Waals surface area (Å²) in [7, 11) is -3.66. The fourth-order valence-electron chi connectivity index (χ4n) is 3.73. The van der Waals surface area contributed by atoms with Crippen molar-refractivity contribution in [1.82, 2.24) is 10.2 Å². The standard InChI is InChI=1S/C23H25N3O3S2/c27-23(24-21(17-26-13-4-5-14-26)18-8-2-1-3-9-18)19-10-6-11-20(16-19)25-31(28,29)22-12-7-15-30-22/h1-3,6-12,15-16,21,25H,4-5,13-14,17H2,(H,24,27). The van der Waals surface area contributed by atoms with Crippen LogP contribution in [0.5, 0.6) is 0 Å². The zero-order valence-corrected chi connectivity index (χ0v) is 18.7. The first-order valence-corrected chi connectivity index (χ1v) is 12.6. The number of hydrogen-bond acceptors (Lipinski definition) is 5. The van der Waals surface area contributed by atoms with E-state index < -0.39 is 10.0 Å². The molecule has 1 unspecified atom stereocenters. The van der Waals surface area contributed by atoms with Gasteiger partial charge in [-0.15, -0.1) is 11.3 Å². The lowest BCUT2D eigenvalue weighted by Gasteiger charge is -2.25. The largest absolute Gasteiger partial charge is 0.344 e. The number of thiophene rings is 1. The van der Waals surface area contributed by atoms with Crippen molar-refractivity contribution in [3.8, 4) is 0 Å². The van der Waals surface area contributed by atoms with Crippen LogP contribution in [0, 0.1) is 0 Å². The Balaban J connectivity index is 1.50. The topological polar surface area (TPSA) is 78.5 Å². The molecule has 3 aromatic rings. The maximum atomic E-state index is 13.0. The van der Waals surface area contributed by atoms with Gasteiger partial charge in [0.05, 0.1) is 6.04 Å². The number of sulfonamides is 1. The third-order valence-corrected chi connectivity index (χ3v) is 8.06. The van der Waals surface area contributed by atoms with Gasteiger partial charge < -0.3 is 10.2 Å². The molecule has 2 aromatic carbocycles. The van der Waals surface area contributed by atoms with E-state index in [1.807, 2.05) is 30.3 Å². The van der Waals surface area contributed by atoms with Crippen molar-refractivity contribution in [3.05, 3.63) is 83.2 Å². The number of likely N-dealkylation sites (tertiary alicyclic amines) is 1. The molecule has 0 aliphatic carbocycles. The number of anilines is 1. The van der Waals surface area contributed by atoms with Gasteiger partial charge in [0.15, 0.2) is 0 Å². The number of nitrogens with one attached hydrogen (secondary N) is 2. The van der Waals surface area contributed by atoms with Crippen molar-refractivity contribution < 1.29 is 13.2 Å². The lowest BCUT2D eigenvalue weighted by Crippen LogP contribution is -2.37. The summed E-state index contributed by atoms with van der Waals surface area (Å²) in [5, 5.41) is 4.85. The predicted octanol–water partition coefficient (Wildman–Crippen LogP) is 4.12. The Morgan fingerprint density at radius 3 is 2.48 bits per heavy atom. The van der Waals surface area contributed by atoms with Gasteiger partial charge in [0.2, 0.25) is 0 Å². The molecule has 1 atom stereocenters. The Hall–Kier alpha value is -2.68. The van der Waals surface area contributed by atoms with Crippen molar-refractivity contribution in [2.45, 2.75) is 23.1 Å². The molecule has 0 spiro atoms. The molecule has 8 heteroatoms. The van der Waals surface area contributed by atoms with Crippen LogP contribution < -0.4 is 10.0 Å². The third kappa shape index (κ3) is 5.52. The zero-order chi connectivity index (χ0) is 21.7. The number of carbonyl (C=O) groups is 1. The summed E-state index contributed by atoms with van der Waals surface area (Å²) in [5.41, 5.74) is 1.82. The fourth-order valence-corrected chi connectivity index (χ4v) is 5.77. The van der Waals surface area contributed by atoms with E-state index in [9.17, 15) is 13.2 Å². The zero-order valence-electron chi connectivity index (χ0n) is 17.0. The number of carbonyl (C=O) groups excluding carboxylic acids is 1. The molecule has 2 N–H and O–H groups in total. The van der Waals surface area contributed by atoms with Crippen LogP contribution in [0.2, 0.25) is 0 Å². The van der Waals surface area contributed by atoms with Crippen LogP contribution in [0.15, 0.2) is 76.3 Å². The van der Waals surface area contributed by atoms with E-state index in [2.05, 4.69) is 14.9 Å². The van der Waals surface area contributed by atoms with Crippen molar-refractivity contribution in [2.24, 2.45) is 0 Å². The van der Waals surface area contributed by atoms with E-state index in [1.165, 1.54) is 12.8 Å². The van der Waals surface area contributed by atoms with Gasteiger partial charge in [-0.2, -0.15) is 0 Å². The maximum absolute atomic E-state index is 13.0. The highest BCUT2D eigenvalue weighted by atomic mass is 32.2. The van der Waals surface area contributed by atoms with Crippen LogP contribution in [0.4, 0.5) is 5.69 Å². The van der Waals surface area contributed by atoms with Gasteiger partial charge in [0.25, 0.3) is 15.9 Å². The summed E-state index contributed by atoms with van der Waals surface area (Å²) < 4.78 is 27.8. The quantitative estimate of drug-likeness (QED) is 0.536. The lowest BCUT2D eigenvalue weighted by atomic mass is 10.1. The van der Waals surface area contributed by atoms with Gasteiger partial charge in [-0.05, 0) is 61.1 Å². The molecule has 162 valence electrons. The first kappa shape index (κ1) is 21.5. The van der Waals surface area contributed by atoms with Gasteiger partial charge >= 0.3 is 0 Å². The Labute approximate surface area is 187 Å². The number of nitrogens with zero attached hydrogens (tertiary/aromatic N) is 1. The molecule has 0 saturated carbocycles. The van der Waals surface area contributed by atoms with Crippen molar-refractivity contribution in [3.63, 3.8) is 0 Å². The molecule has 0 radical (unpaired) electrons. The van der Waals surface area contributed by atoms with E-state index in [1.54, 1.807) is 41.8 Å². The highest BCUT2D eigenvalue weighted by Crippen LogP contribution is 2.22. The highest BCUT2D eigenvalue weighted by Gasteiger charge is 2.22. The van der Waals surface area contributed by atoms with E-state index in [0.29, 0.717) is 11.3 Å². The minimum absolute atomic E-state index is 0.140. The van der Waals surface area contributed by atoms with Crippen LogP contribution in [-0.2, 0) is 10.0 Å². The van der Waals surface area contributed by atoms with Crippen LogP contribution in [0.25, 0.3) is 0 Å². The second-order valence-corrected chi connectivity index (χ2v) is 10.4. The normalized spacial score (nSPS) is 15.5. The summed E-state index contributed by atoms with van der Waals surface area (Å²) in [4.78, 5) is 15.4. The van der Waals surface area contributed by atoms with E-state index in [4.69, 9.17) is 0 Å². The maximum Gasteiger partial charge on any atom is 0.271 e. The smallest absolute Gasteiger partial charge is 0.271 e. The third-order valence-electron chi connectivity index (χ3n) is 5.28. The van der Waals surface area contributed by atoms with Crippen LogP contribution in [0.3, 0.4) is 0 Å². The average molecular weight is 456 g/mol. The molecule has 4 rings (SSSR count).